The Morgan fingerprint density at radius 1 is 1.03 bits per heavy atom. The van der Waals surface area contributed by atoms with Crippen molar-refractivity contribution in [2.75, 3.05) is 18.4 Å². The summed E-state index contributed by atoms with van der Waals surface area (Å²) in [5.74, 6) is 0.0344. The van der Waals surface area contributed by atoms with E-state index >= 15 is 0 Å². The van der Waals surface area contributed by atoms with Crippen LogP contribution in [0.3, 0.4) is 0 Å². The molecular formula is C21H29N5O4. The lowest BCUT2D eigenvalue weighted by molar-refractivity contribution is -0.118. The van der Waals surface area contributed by atoms with E-state index in [4.69, 9.17) is 0 Å². The molecule has 9 heteroatoms. The maximum absolute atomic E-state index is 12.4. The smallest absolute Gasteiger partial charge is 0.267 e. The van der Waals surface area contributed by atoms with Crippen molar-refractivity contribution in [3.8, 4) is 0 Å². The van der Waals surface area contributed by atoms with Crippen LogP contribution in [-0.4, -0.2) is 50.5 Å². The lowest BCUT2D eigenvalue weighted by atomic mass is 10.2. The second-order valence-corrected chi connectivity index (χ2v) is 7.27. The fourth-order valence-corrected chi connectivity index (χ4v) is 3.00. The third-order valence-electron chi connectivity index (χ3n) is 4.61. The van der Waals surface area contributed by atoms with E-state index in [0.717, 1.165) is 5.69 Å². The maximum atomic E-state index is 12.4. The Morgan fingerprint density at radius 2 is 1.77 bits per heavy atom. The zero-order valence-electron chi connectivity index (χ0n) is 17.9. The van der Waals surface area contributed by atoms with Crippen molar-refractivity contribution in [3.05, 3.63) is 35.7 Å². The minimum atomic E-state index is -0.279. The summed E-state index contributed by atoms with van der Waals surface area (Å²) >= 11 is 0. The highest BCUT2D eigenvalue weighted by Crippen LogP contribution is 2.13. The van der Waals surface area contributed by atoms with Gasteiger partial charge in [0.2, 0.25) is 0 Å². The first-order valence-corrected chi connectivity index (χ1v) is 9.96. The van der Waals surface area contributed by atoms with Crippen LogP contribution in [0.4, 0.5) is 5.69 Å². The molecule has 0 bridgehead atoms. The molecule has 2 heterocycles. The van der Waals surface area contributed by atoms with E-state index < -0.39 is 0 Å². The molecule has 0 saturated heterocycles. The molecule has 9 nitrogen and oxygen atoms in total. The monoisotopic (exact) mass is 415 g/mol. The van der Waals surface area contributed by atoms with Gasteiger partial charge in [-0.05, 0) is 13.0 Å². The highest BCUT2D eigenvalue weighted by atomic mass is 16.2. The zero-order valence-corrected chi connectivity index (χ0v) is 17.9. The Kier molecular flexibility index (Phi) is 8.08. The highest BCUT2D eigenvalue weighted by Gasteiger charge is 2.15. The summed E-state index contributed by atoms with van der Waals surface area (Å²) < 4.78 is 3.32. The van der Waals surface area contributed by atoms with Crippen LogP contribution >= 0.6 is 0 Å². The van der Waals surface area contributed by atoms with Crippen LogP contribution in [0, 0.1) is 0 Å². The van der Waals surface area contributed by atoms with E-state index in [-0.39, 0.29) is 42.6 Å². The topological polar surface area (TPSA) is 115 Å². The van der Waals surface area contributed by atoms with Crippen molar-refractivity contribution >= 4 is 28.9 Å². The fourth-order valence-electron chi connectivity index (χ4n) is 3.00. The first-order valence-electron chi connectivity index (χ1n) is 9.96. The second-order valence-electron chi connectivity index (χ2n) is 7.27. The summed E-state index contributed by atoms with van der Waals surface area (Å²) in [5.41, 5.74) is 1.77. The average Bonchev–Trinajstić information content (AvgIpc) is 3.22. The van der Waals surface area contributed by atoms with Gasteiger partial charge in [-0.3, -0.25) is 19.2 Å². The quantitative estimate of drug-likeness (QED) is 0.510. The number of amides is 1. The largest absolute Gasteiger partial charge is 0.383 e. The number of carbonyl (C=O) groups excluding carboxylic acids is 4. The molecule has 30 heavy (non-hydrogen) atoms. The predicted molar refractivity (Wildman–Crippen MR) is 113 cm³/mol. The van der Waals surface area contributed by atoms with Crippen LogP contribution in [0.25, 0.3) is 0 Å². The summed E-state index contributed by atoms with van der Waals surface area (Å²) in [5, 5.41) is 5.85. The molecule has 0 atom stereocenters. The van der Waals surface area contributed by atoms with Crippen molar-refractivity contribution in [2.45, 2.75) is 39.5 Å². The molecule has 0 spiro atoms. The molecule has 2 aromatic rings. The number of rotatable bonds is 12. The third kappa shape index (κ3) is 6.40. The van der Waals surface area contributed by atoms with Gasteiger partial charge in [0.05, 0.1) is 17.8 Å². The lowest BCUT2D eigenvalue weighted by Gasteiger charge is -2.05. The Bertz CT molecular complexity index is 941. The summed E-state index contributed by atoms with van der Waals surface area (Å²) in [4.78, 5) is 51.6. The van der Waals surface area contributed by atoms with Crippen molar-refractivity contribution in [2.24, 2.45) is 14.1 Å². The molecule has 162 valence electrons. The molecule has 0 radical (unpaired) electrons. The van der Waals surface area contributed by atoms with E-state index in [1.807, 2.05) is 0 Å². The molecule has 0 aliphatic carbocycles. The normalized spacial score (nSPS) is 10.7. The van der Waals surface area contributed by atoms with Gasteiger partial charge in [-0.25, -0.2) is 4.98 Å². The van der Waals surface area contributed by atoms with Crippen LogP contribution in [-0.2, 0) is 30.1 Å². The fraction of sp³-hybridized carbons (Fsp3) is 0.476. The highest BCUT2D eigenvalue weighted by molar-refractivity contribution is 5.94. The molecule has 2 aromatic heterocycles. The van der Waals surface area contributed by atoms with Gasteiger partial charge in [-0.1, -0.05) is 6.92 Å². The SMILES string of the molecule is CCC(=O)c1nc(CC(=O)CCNC(=O)c2cc(NCCC(C)=O)cn2C)cn1C. The van der Waals surface area contributed by atoms with Crippen molar-refractivity contribution in [1.82, 2.24) is 19.4 Å². The molecule has 0 aromatic carbocycles. The molecule has 2 N–H and O–H groups in total. The van der Waals surface area contributed by atoms with Crippen molar-refractivity contribution < 1.29 is 19.2 Å². The number of nitrogens with one attached hydrogen (secondary N) is 2. The minimum Gasteiger partial charge on any atom is -0.383 e. The van der Waals surface area contributed by atoms with Gasteiger partial charge in [0.1, 0.15) is 17.3 Å². The van der Waals surface area contributed by atoms with Gasteiger partial charge in [-0.15, -0.1) is 0 Å². The summed E-state index contributed by atoms with van der Waals surface area (Å²) in [7, 11) is 3.49. The Balaban J connectivity index is 1.81. The van der Waals surface area contributed by atoms with Crippen LogP contribution in [0.1, 0.15) is 59.9 Å². The Morgan fingerprint density at radius 3 is 2.43 bits per heavy atom. The number of ketones is 3. The first kappa shape index (κ1) is 23.1. The van der Waals surface area contributed by atoms with E-state index in [2.05, 4.69) is 15.6 Å². The third-order valence-corrected chi connectivity index (χ3v) is 4.61. The van der Waals surface area contributed by atoms with Crippen molar-refractivity contribution in [3.63, 3.8) is 0 Å². The number of hydrogen-bond donors (Lipinski definition) is 2. The van der Waals surface area contributed by atoms with E-state index in [9.17, 15) is 19.2 Å². The standard InChI is InChI=1S/C21H29N5O4/c1-5-19(29)20-24-16(13-26(20)4)10-17(28)7-9-23-21(30)18-11-15(12-25(18)3)22-8-6-14(2)27/h11-13,22H,5-10H2,1-4H3,(H,23,30). The van der Waals surface area contributed by atoms with Gasteiger partial charge in [0.25, 0.3) is 5.91 Å². The van der Waals surface area contributed by atoms with Crippen LogP contribution in [0.15, 0.2) is 18.5 Å². The summed E-state index contributed by atoms with van der Waals surface area (Å²) in [6.45, 7) is 4.02. The van der Waals surface area contributed by atoms with E-state index in [0.29, 0.717) is 36.6 Å². The molecule has 2 rings (SSSR count). The maximum Gasteiger partial charge on any atom is 0.267 e. The molecule has 1 amide bonds. The predicted octanol–water partition coefficient (Wildman–Crippen LogP) is 1.67. The number of carbonyl (C=O) groups is 4. The molecule has 0 aliphatic rings. The number of imidazole rings is 1. The molecule has 0 fully saturated rings. The first-order chi connectivity index (χ1) is 14.2. The van der Waals surface area contributed by atoms with E-state index in [1.54, 1.807) is 48.6 Å². The average molecular weight is 415 g/mol. The summed E-state index contributed by atoms with van der Waals surface area (Å²) in [6, 6.07) is 1.71. The van der Waals surface area contributed by atoms with Crippen LogP contribution in [0.5, 0.6) is 0 Å². The number of Topliss-reactive ketones (excluding diaryl/α,β-unsaturated/α-hetero) is 3. The molecule has 0 saturated carbocycles. The number of nitrogens with zero attached hydrogens (tertiary/aromatic N) is 3. The molecule has 0 unspecified atom stereocenters. The zero-order chi connectivity index (χ0) is 22.3. The van der Waals surface area contributed by atoms with Gasteiger partial charge in [-0.2, -0.15) is 0 Å². The van der Waals surface area contributed by atoms with Crippen molar-refractivity contribution in [1.29, 1.82) is 0 Å². The Labute approximate surface area is 175 Å². The number of aryl methyl sites for hydroxylation is 2. The molecule has 0 aliphatic heterocycles. The number of anilines is 1. The van der Waals surface area contributed by atoms with Gasteiger partial charge in [0.15, 0.2) is 11.6 Å². The minimum absolute atomic E-state index is 0.0673. The van der Waals surface area contributed by atoms with E-state index in [1.165, 1.54) is 6.92 Å². The molecular weight excluding hydrogens is 386 g/mol. The van der Waals surface area contributed by atoms with Crippen LogP contribution < -0.4 is 10.6 Å². The van der Waals surface area contributed by atoms with Gasteiger partial charge >= 0.3 is 0 Å². The van der Waals surface area contributed by atoms with Gasteiger partial charge in [0, 0.05) is 58.8 Å². The summed E-state index contributed by atoms with van der Waals surface area (Å²) in [6.07, 6.45) is 4.53. The number of hydrogen-bond acceptors (Lipinski definition) is 6. The van der Waals surface area contributed by atoms with Crippen LogP contribution in [0.2, 0.25) is 0 Å². The lowest BCUT2D eigenvalue weighted by Crippen LogP contribution is -2.27. The van der Waals surface area contributed by atoms with Gasteiger partial charge < -0.3 is 19.8 Å². The number of aromatic nitrogens is 3. The Hall–Kier alpha value is -3.23. The second kappa shape index (κ2) is 10.5.